The highest BCUT2D eigenvalue weighted by Gasteiger charge is 2.12. The molecule has 5 heteroatoms. The van der Waals surface area contributed by atoms with Gasteiger partial charge in [-0.25, -0.2) is 9.97 Å². The van der Waals surface area contributed by atoms with E-state index in [2.05, 4.69) is 34.3 Å². The molecule has 0 unspecified atom stereocenters. The van der Waals surface area contributed by atoms with E-state index in [1.54, 1.807) is 11.3 Å². The molecule has 0 radical (unpaired) electrons. The quantitative estimate of drug-likeness (QED) is 0.482. The van der Waals surface area contributed by atoms with Gasteiger partial charge in [0.1, 0.15) is 16.4 Å². The lowest BCUT2D eigenvalue weighted by Crippen LogP contribution is -1.95. The Morgan fingerprint density at radius 1 is 1.00 bits per heavy atom. The molecule has 0 aliphatic carbocycles. The lowest BCUT2D eigenvalue weighted by molar-refractivity contribution is 0.544. The Labute approximate surface area is 157 Å². The SMILES string of the molecule is CC.Cc1ccc(-c2nc(N)c3cc(/C=C/c4ccccc4)sc3n2)o1. The molecule has 3 heterocycles. The van der Waals surface area contributed by atoms with E-state index in [9.17, 15) is 0 Å². The van der Waals surface area contributed by atoms with Crippen molar-refractivity contribution < 1.29 is 4.42 Å². The van der Waals surface area contributed by atoms with Crippen LogP contribution in [-0.4, -0.2) is 9.97 Å². The fraction of sp³-hybridized carbons (Fsp3) is 0.143. The van der Waals surface area contributed by atoms with Gasteiger partial charge in [-0.2, -0.15) is 0 Å². The fourth-order valence-corrected chi connectivity index (χ4v) is 3.39. The summed E-state index contributed by atoms with van der Waals surface area (Å²) in [7, 11) is 0. The van der Waals surface area contributed by atoms with Gasteiger partial charge >= 0.3 is 0 Å². The number of nitrogen functional groups attached to an aromatic ring is 1. The Kier molecular flexibility index (Phi) is 5.49. The lowest BCUT2D eigenvalue weighted by atomic mass is 10.2. The van der Waals surface area contributed by atoms with Crippen LogP contribution >= 0.6 is 11.3 Å². The van der Waals surface area contributed by atoms with Crippen molar-refractivity contribution in [2.75, 3.05) is 5.73 Å². The second-order valence-corrected chi connectivity index (χ2v) is 6.52. The molecule has 0 aliphatic heterocycles. The highest BCUT2D eigenvalue weighted by Crippen LogP contribution is 2.31. The van der Waals surface area contributed by atoms with Gasteiger partial charge in [0.15, 0.2) is 11.6 Å². The summed E-state index contributed by atoms with van der Waals surface area (Å²) in [5, 5.41) is 0.875. The normalized spacial score (nSPS) is 10.9. The van der Waals surface area contributed by atoms with Crippen molar-refractivity contribution in [3.05, 3.63) is 64.7 Å². The maximum atomic E-state index is 6.11. The minimum atomic E-state index is 0.472. The van der Waals surface area contributed by atoms with Crippen LogP contribution in [0.25, 0.3) is 34.0 Å². The molecule has 0 saturated heterocycles. The van der Waals surface area contributed by atoms with Crippen LogP contribution in [0, 0.1) is 6.92 Å². The van der Waals surface area contributed by atoms with Gasteiger partial charge in [-0.1, -0.05) is 50.3 Å². The molecule has 4 nitrogen and oxygen atoms in total. The number of rotatable bonds is 3. The van der Waals surface area contributed by atoms with E-state index in [-0.39, 0.29) is 0 Å². The molecule has 4 rings (SSSR count). The monoisotopic (exact) mass is 363 g/mol. The largest absolute Gasteiger partial charge is 0.458 e. The number of nitrogens with two attached hydrogens (primary N) is 1. The minimum Gasteiger partial charge on any atom is -0.458 e. The molecular weight excluding hydrogens is 342 g/mol. The summed E-state index contributed by atoms with van der Waals surface area (Å²) in [6, 6.07) is 15.9. The summed E-state index contributed by atoms with van der Waals surface area (Å²) in [4.78, 5) is 10.9. The Morgan fingerprint density at radius 2 is 1.77 bits per heavy atom. The standard InChI is InChI=1S/C19H15N3OS.C2H6/c1-12-7-10-16(23-12)18-21-17(20)15-11-14(24-19(15)22-18)9-8-13-5-3-2-4-6-13;1-2/h2-11H,1H3,(H2,20,21,22);1-2H3/b9-8+;. The van der Waals surface area contributed by atoms with E-state index in [1.165, 1.54) is 0 Å². The summed E-state index contributed by atoms with van der Waals surface area (Å²) in [6.07, 6.45) is 4.14. The van der Waals surface area contributed by atoms with Crippen LogP contribution < -0.4 is 5.73 Å². The van der Waals surface area contributed by atoms with E-state index < -0.39 is 0 Å². The highest BCUT2D eigenvalue weighted by molar-refractivity contribution is 7.19. The van der Waals surface area contributed by atoms with Crippen molar-refractivity contribution in [3.8, 4) is 11.6 Å². The van der Waals surface area contributed by atoms with Gasteiger partial charge < -0.3 is 10.2 Å². The smallest absolute Gasteiger partial charge is 0.199 e. The average Bonchev–Trinajstić information content (AvgIpc) is 3.29. The fourth-order valence-electron chi connectivity index (χ4n) is 2.45. The number of aromatic nitrogens is 2. The van der Waals surface area contributed by atoms with Crippen molar-refractivity contribution >= 4 is 39.5 Å². The number of thiophene rings is 1. The van der Waals surface area contributed by atoms with Crippen molar-refractivity contribution in [2.45, 2.75) is 20.8 Å². The van der Waals surface area contributed by atoms with Gasteiger partial charge in [0, 0.05) is 4.88 Å². The van der Waals surface area contributed by atoms with Crippen LogP contribution in [0.4, 0.5) is 5.82 Å². The Bertz CT molecular complexity index is 1030. The molecule has 1 aromatic carbocycles. The van der Waals surface area contributed by atoms with E-state index in [1.807, 2.05) is 57.2 Å². The summed E-state index contributed by atoms with van der Waals surface area (Å²) < 4.78 is 5.60. The molecule has 0 spiro atoms. The van der Waals surface area contributed by atoms with Crippen molar-refractivity contribution in [3.63, 3.8) is 0 Å². The second kappa shape index (κ2) is 7.97. The van der Waals surface area contributed by atoms with Gasteiger partial charge in [0.2, 0.25) is 0 Å². The lowest BCUT2D eigenvalue weighted by Gasteiger charge is -1.99. The molecule has 132 valence electrons. The predicted octanol–water partition coefficient (Wildman–Crippen LogP) is 6.04. The number of hydrogen-bond donors (Lipinski definition) is 1. The molecule has 0 saturated carbocycles. The van der Waals surface area contributed by atoms with Crippen LogP contribution in [0.15, 0.2) is 52.9 Å². The third-order valence-corrected chi connectivity index (χ3v) is 4.64. The number of hydrogen-bond acceptors (Lipinski definition) is 5. The zero-order valence-electron chi connectivity index (χ0n) is 15.1. The van der Waals surface area contributed by atoms with E-state index in [0.717, 1.165) is 26.4 Å². The maximum Gasteiger partial charge on any atom is 0.199 e. The Balaban J connectivity index is 0.000000948. The first kappa shape index (κ1) is 17.9. The van der Waals surface area contributed by atoms with E-state index >= 15 is 0 Å². The first-order chi connectivity index (χ1) is 12.7. The second-order valence-electron chi connectivity index (χ2n) is 5.45. The third-order valence-electron chi connectivity index (χ3n) is 3.64. The zero-order valence-corrected chi connectivity index (χ0v) is 15.9. The van der Waals surface area contributed by atoms with Crippen LogP contribution in [0.2, 0.25) is 0 Å². The average molecular weight is 363 g/mol. The topological polar surface area (TPSA) is 64.9 Å². The predicted molar refractivity (Wildman–Crippen MR) is 111 cm³/mol. The van der Waals surface area contributed by atoms with E-state index in [0.29, 0.717) is 17.4 Å². The number of nitrogens with zero attached hydrogens (tertiary/aromatic N) is 2. The van der Waals surface area contributed by atoms with Gasteiger partial charge in [-0.05, 0) is 36.8 Å². The number of furan rings is 1. The maximum absolute atomic E-state index is 6.11. The zero-order chi connectivity index (χ0) is 18.5. The molecule has 4 aromatic rings. The summed E-state index contributed by atoms with van der Waals surface area (Å²) in [5.41, 5.74) is 7.27. The van der Waals surface area contributed by atoms with E-state index in [4.69, 9.17) is 10.2 Å². The number of benzene rings is 1. The van der Waals surface area contributed by atoms with Crippen molar-refractivity contribution in [1.29, 1.82) is 0 Å². The summed E-state index contributed by atoms with van der Waals surface area (Å²) >= 11 is 1.59. The first-order valence-electron chi connectivity index (χ1n) is 8.56. The van der Waals surface area contributed by atoms with Crippen molar-refractivity contribution in [1.82, 2.24) is 9.97 Å². The molecule has 0 bridgehead atoms. The molecule has 0 fully saturated rings. The molecule has 0 aliphatic rings. The van der Waals surface area contributed by atoms with Crippen LogP contribution in [0.1, 0.15) is 30.0 Å². The molecule has 26 heavy (non-hydrogen) atoms. The first-order valence-corrected chi connectivity index (χ1v) is 9.38. The minimum absolute atomic E-state index is 0.472. The van der Waals surface area contributed by atoms with Crippen LogP contribution in [0.3, 0.4) is 0 Å². The molecule has 3 aromatic heterocycles. The van der Waals surface area contributed by atoms with Gasteiger partial charge in [0.05, 0.1) is 5.39 Å². The third kappa shape index (κ3) is 3.83. The summed E-state index contributed by atoms with van der Waals surface area (Å²) in [5.74, 6) is 2.45. The van der Waals surface area contributed by atoms with Gasteiger partial charge in [-0.3, -0.25) is 0 Å². The van der Waals surface area contributed by atoms with Gasteiger partial charge in [-0.15, -0.1) is 11.3 Å². The molecular formula is C21H21N3OS. The molecule has 0 amide bonds. The molecule has 2 N–H and O–H groups in total. The number of fused-ring (bicyclic) bond motifs is 1. The Morgan fingerprint density at radius 3 is 2.46 bits per heavy atom. The summed E-state index contributed by atoms with van der Waals surface area (Å²) in [6.45, 7) is 5.89. The van der Waals surface area contributed by atoms with Crippen LogP contribution in [-0.2, 0) is 0 Å². The number of anilines is 1. The number of aryl methyl sites for hydroxylation is 1. The molecule has 0 atom stereocenters. The van der Waals surface area contributed by atoms with Crippen LogP contribution in [0.5, 0.6) is 0 Å². The Hall–Kier alpha value is -2.92. The van der Waals surface area contributed by atoms with Crippen molar-refractivity contribution in [2.24, 2.45) is 0 Å². The highest BCUT2D eigenvalue weighted by atomic mass is 32.1. The van der Waals surface area contributed by atoms with Gasteiger partial charge in [0.25, 0.3) is 0 Å².